The molecular weight excluding hydrogens is 368 g/mol. The first-order valence-electron chi connectivity index (χ1n) is 11.4. The SMILES string of the molecule is C[C@H](CCC(=O)O)[C@H]1CC[C@H]2[C@@H]3C[C@@H](O)C4=CC(=O)CC[C@]4(C)[C@H]3C[C@H](O)[C@]12C. The van der Waals surface area contributed by atoms with Crippen molar-refractivity contribution in [3.8, 4) is 0 Å². The van der Waals surface area contributed by atoms with Crippen LogP contribution in [0.1, 0.15) is 72.1 Å². The minimum absolute atomic E-state index is 0.115. The summed E-state index contributed by atoms with van der Waals surface area (Å²) in [5.41, 5.74) is 0.474. The Labute approximate surface area is 173 Å². The molecular formula is C24H36O5. The van der Waals surface area contributed by atoms with Gasteiger partial charge in [0.1, 0.15) is 0 Å². The van der Waals surface area contributed by atoms with Gasteiger partial charge < -0.3 is 15.3 Å². The molecule has 0 aliphatic heterocycles. The lowest BCUT2D eigenvalue weighted by atomic mass is 9.45. The van der Waals surface area contributed by atoms with Crippen LogP contribution in [0.2, 0.25) is 0 Å². The fraction of sp³-hybridized carbons (Fsp3) is 0.833. The maximum atomic E-state index is 12.0. The average Bonchev–Trinajstić information content (AvgIpc) is 3.02. The number of carbonyl (C=O) groups is 2. The first kappa shape index (κ1) is 21.0. The lowest BCUT2D eigenvalue weighted by Crippen LogP contribution is -2.59. The third-order valence-electron chi connectivity index (χ3n) is 9.66. The van der Waals surface area contributed by atoms with E-state index in [1.165, 1.54) is 0 Å². The molecule has 3 N–H and O–H groups in total. The standard InChI is InChI=1S/C24H36O5/c1-13(4-7-22(28)29)16-5-6-17-15-11-20(26)19-10-14(25)8-9-23(19,2)18(15)12-21(27)24(16,17)3/h10,13,15-18,20-21,26-27H,4-9,11-12H2,1-3H3,(H,28,29)/t13-,15+,16-,17+,18+,20-,21+,23-,24-/m1/s1. The van der Waals surface area contributed by atoms with Crippen LogP contribution < -0.4 is 0 Å². The van der Waals surface area contributed by atoms with Gasteiger partial charge in [-0.3, -0.25) is 9.59 Å². The minimum atomic E-state index is -0.754. The van der Waals surface area contributed by atoms with Gasteiger partial charge in [-0.1, -0.05) is 20.8 Å². The van der Waals surface area contributed by atoms with Gasteiger partial charge >= 0.3 is 5.97 Å². The molecule has 0 spiro atoms. The van der Waals surface area contributed by atoms with Gasteiger partial charge in [-0.15, -0.1) is 0 Å². The van der Waals surface area contributed by atoms with E-state index >= 15 is 0 Å². The fourth-order valence-corrected chi connectivity index (χ4v) is 8.09. The molecule has 0 bridgehead atoms. The number of rotatable bonds is 4. The van der Waals surface area contributed by atoms with E-state index in [1.54, 1.807) is 6.08 Å². The topological polar surface area (TPSA) is 94.8 Å². The number of ketones is 1. The summed E-state index contributed by atoms with van der Waals surface area (Å²) in [5.74, 6) is 0.937. The van der Waals surface area contributed by atoms with Crippen molar-refractivity contribution in [3.63, 3.8) is 0 Å². The van der Waals surface area contributed by atoms with E-state index < -0.39 is 18.2 Å². The molecule has 0 aromatic heterocycles. The van der Waals surface area contributed by atoms with E-state index in [9.17, 15) is 19.8 Å². The summed E-state index contributed by atoms with van der Waals surface area (Å²) in [6, 6.07) is 0. The lowest BCUT2D eigenvalue weighted by Gasteiger charge is -2.61. The first-order chi connectivity index (χ1) is 13.6. The van der Waals surface area contributed by atoms with Gasteiger partial charge in [0.15, 0.2) is 5.78 Å². The largest absolute Gasteiger partial charge is 0.481 e. The summed E-state index contributed by atoms with van der Waals surface area (Å²) in [6.45, 7) is 6.56. The molecule has 0 amide bonds. The zero-order chi connectivity index (χ0) is 21.1. The number of hydrogen-bond acceptors (Lipinski definition) is 4. The highest BCUT2D eigenvalue weighted by molar-refractivity contribution is 5.91. The predicted octanol–water partition coefficient (Wildman–Crippen LogP) is 3.58. The summed E-state index contributed by atoms with van der Waals surface area (Å²) < 4.78 is 0. The summed E-state index contributed by atoms with van der Waals surface area (Å²) >= 11 is 0. The summed E-state index contributed by atoms with van der Waals surface area (Å²) in [4.78, 5) is 23.1. The Bertz CT molecular complexity index is 729. The molecule has 5 nitrogen and oxygen atoms in total. The minimum Gasteiger partial charge on any atom is -0.481 e. The molecule has 0 aromatic rings. The van der Waals surface area contributed by atoms with Gasteiger partial charge in [0.05, 0.1) is 12.2 Å². The van der Waals surface area contributed by atoms with Crippen molar-refractivity contribution in [3.05, 3.63) is 11.6 Å². The van der Waals surface area contributed by atoms with Crippen molar-refractivity contribution in [1.29, 1.82) is 0 Å². The highest BCUT2D eigenvalue weighted by Crippen LogP contribution is 2.67. The van der Waals surface area contributed by atoms with Gasteiger partial charge in [0.25, 0.3) is 0 Å². The van der Waals surface area contributed by atoms with Crippen molar-refractivity contribution < 1.29 is 24.9 Å². The molecule has 5 heteroatoms. The van der Waals surface area contributed by atoms with Crippen molar-refractivity contribution in [1.82, 2.24) is 0 Å². The van der Waals surface area contributed by atoms with Crippen LogP contribution in [0.15, 0.2) is 11.6 Å². The Morgan fingerprint density at radius 2 is 1.93 bits per heavy atom. The number of carbonyl (C=O) groups excluding carboxylic acids is 1. The number of carboxylic acids is 1. The second-order valence-corrected chi connectivity index (χ2v) is 10.8. The molecule has 3 fully saturated rings. The molecule has 0 radical (unpaired) electrons. The van der Waals surface area contributed by atoms with Crippen LogP contribution in [-0.2, 0) is 9.59 Å². The maximum absolute atomic E-state index is 12.0. The highest BCUT2D eigenvalue weighted by Gasteiger charge is 2.64. The Hall–Kier alpha value is -1.20. The molecule has 4 aliphatic rings. The van der Waals surface area contributed by atoms with Crippen LogP contribution in [0, 0.1) is 40.4 Å². The average molecular weight is 405 g/mol. The monoisotopic (exact) mass is 404 g/mol. The smallest absolute Gasteiger partial charge is 0.303 e. The van der Waals surface area contributed by atoms with Gasteiger partial charge in [-0.05, 0) is 90.6 Å². The molecule has 29 heavy (non-hydrogen) atoms. The van der Waals surface area contributed by atoms with Crippen LogP contribution in [0.3, 0.4) is 0 Å². The number of fused-ring (bicyclic) bond motifs is 5. The van der Waals surface area contributed by atoms with E-state index in [2.05, 4.69) is 20.8 Å². The molecule has 0 unspecified atom stereocenters. The Morgan fingerprint density at radius 3 is 2.62 bits per heavy atom. The molecule has 9 atom stereocenters. The third-order valence-corrected chi connectivity index (χ3v) is 9.66. The van der Waals surface area contributed by atoms with E-state index in [-0.39, 0.29) is 29.0 Å². The van der Waals surface area contributed by atoms with Gasteiger partial charge in [0.2, 0.25) is 0 Å². The van der Waals surface area contributed by atoms with E-state index in [0.717, 1.165) is 24.8 Å². The second-order valence-electron chi connectivity index (χ2n) is 10.8. The summed E-state index contributed by atoms with van der Waals surface area (Å²) in [5, 5.41) is 31.5. The van der Waals surface area contributed by atoms with Crippen molar-refractivity contribution >= 4 is 11.8 Å². The first-order valence-corrected chi connectivity index (χ1v) is 11.4. The van der Waals surface area contributed by atoms with Gasteiger partial charge in [-0.2, -0.15) is 0 Å². The quantitative estimate of drug-likeness (QED) is 0.666. The van der Waals surface area contributed by atoms with Crippen LogP contribution in [-0.4, -0.2) is 39.3 Å². The van der Waals surface area contributed by atoms with E-state index in [1.807, 2.05) is 0 Å². The summed E-state index contributed by atoms with van der Waals surface area (Å²) in [7, 11) is 0. The van der Waals surface area contributed by atoms with Crippen molar-refractivity contribution in [2.24, 2.45) is 40.4 Å². The van der Waals surface area contributed by atoms with Crippen LogP contribution in [0.4, 0.5) is 0 Å². The maximum Gasteiger partial charge on any atom is 0.303 e. The molecule has 3 saturated carbocycles. The van der Waals surface area contributed by atoms with Gasteiger partial charge in [-0.25, -0.2) is 0 Å². The highest BCUT2D eigenvalue weighted by atomic mass is 16.4. The van der Waals surface area contributed by atoms with Crippen LogP contribution in [0.5, 0.6) is 0 Å². The third kappa shape index (κ3) is 3.11. The number of aliphatic hydroxyl groups excluding tert-OH is 2. The Kier molecular flexibility index (Phi) is 5.22. The normalized spacial score (nSPS) is 47.6. The molecule has 4 rings (SSSR count). The number of hydrogen-bond donors (Lipinski definition) is 3. The summed E-state index contributed by atoms with van der Waals surface area (Å²) in [6.07, 6.45) is 6.31. The lowest BCUT2D eigenvalue weighted by molar-refractivity contribution is -0.152. The zero-order valence-electron chi connectivity index (χ0n) is 17.9. The molecule has 4 aliphatic carbocycles. The Balaban J connectivity index is 1.63. The second kappa shape index (κ2) is 7.19. The number of aliphatic carboxylic acids is 1. The molecule has 0 heterocycles. The van der Waals surface area contributed by atoms with Crippen molar-refractivity contribution in [2.75, 3.05) is 0 Å². The molecule has 0 aromatic carbocycles. The van der Waals surface area contributed by atoms with Crippen LogP contribution >= 0.6 is 0 Å². The number of aliphatic hydroxyl groups is 2. The van der Waals surface area contributed by atoms with Crippen LogP contribution in [0.25, 0.3) is 0 Å². The van der Waals surface area contributed by atoms with E-state index in [4.69, 9.17) is 5.11 Å². The van der Waals surface area contributed by atoms with Crippen molar-refractivity contribution in [2.45, 2.75) is 84.3 Å². The number of carboxylic acid groups (broad SMARTS) is 1. The molecule has 0 saturated heterocycles. The van der Waals surface area contributed by atoms with Gasteiger partial charge in [0, 0.05) is 12.8 Å². The zero-order valence-corrected chi connectivity index (χ0v) is 17.9. The molecule has 162 valence electrons. The Morgan fingerprint density at radius 1 is 1.21 bits per heavy atom. The fourth-order valence-electron chi connectivity index (χ4n) is 8.09. The van der Waals surface area contributed by atoms with E-state index in [0.29, 0.717) is 49.4 Å². The predicted molar refractivity (Wildman–Crippen MR) is 109 cm³/mol.